The molecule has 0 fully saturated rings. The van der Waals surface area contributed by atoms with Crippen LogP contribution in [0, 0.1) is 6.92 Å². The lowest BCUT2D eigenvalue weighted by atomic mass is 10.1. The van der Waals surface area contributed by atoms with E-state index in [1.54, 1.807) is 14.2 Å². The number of methoxy groups -OCH3 is 2. The molecule has 2 aromatic carbocycles. The Bertz CT molecular complexity index is 699. The summed E-state index contributed by atoms with van der Waals surface area (Å²) in [6.07, 6.45) is 1.22. The lowest BCUT2D eigenvalue weighted by Gasteiger charge is -2.10. The molecule has 0 aliphatic heterocycles. The molecule has 0 saturated heterocycles. The van der Waals surface area contributed by atoms with Gasteiger partial charge >= 0.3 is 0 Å². The summed E-state index contributed by atoms with van der Waals surface area (Å²) in [6, 6.07) is 14.2. The van der Waals surface area contributed by atoms with E-state index < -0.39 is 0 Å². The molecule has 0 bridgehead atoms. The molecule has 1 amide bonds. The molecule has 0 saturated carbocycles. The van der Waals surface area contributed by atoms with Gasteiger partial charge < -0.3 is 20.1 Å². The lowest BCUT2D eigenvalue weighted by Crippen LogP contribution is -2.29. The number of hydrogen-bond acceptors (Lipinski definition) is 4. The van der Waals surface area contributed by atoms with Crippen molar-refractivity contribution in [2.24, 2.45) is 0 Å². The van der Waals surface area contributed by atoms with Gasteiger partial charge in [0.05, 0.1) is 14.2 Å². The van der Waals surface area contributed by atoms with E-state index in [2.05, 4.69) is 41.8 Å². The molecule has 2 N–H and O–H groups in total. The van der Waals surface area contributed by atoms with Gasteiger partial charge in [0, 0.05) is 26.1 Å². The van der Waals surface area contributed by atoms with Crippen LogP contribution in [0.4, 0.5) is 0 Å². The first-order chi connectivity index (χ1) is 12.6. The molecule has 0 unspecified atom stereocenters. The summed E-state index contributed by atoms with van der Waals surface area (Å²) < 4.78 is 10.5. The van der Waals surface area contributed by atoms with E-state index >= 15 is 0 Å². The standard InChI is InChI=1S/C21H28N2O3/c1-16-4-6-18(7-5-16)15-22-12-11-21(24)23-13-10-17-8-9-19(25-2)20(14-17)26-3/h4-9,14,22H,10-13,15H2,1-3H3,(H,23,24). The number of rotatable bonds is 10. The van der Waals surface area contributed by atoms with Crippen molar-refractivity contribution in [3.05, 3.63) is 59.2 Å². The Labute approximate surface area is 155 Å². The molecule has 0 atom stereocenters. The second-order valence-electron chi connectivity index (χ2n) is 6.20. The predicted molar refractivity (Wildman–Crippen MR) is 104 cm³/mol. The Hall–Kier alpha value is -2.53. The average molecular weight is 356 g/mol. The maximum absolute atomic E-state index is 11.9. The number of benzene rings is 2. The summed E-state index contributed by atoms with van der Waals surface area (Å²) in [7, 11) is 3.23. The molecule has 0 spiro atoms. The fourth-order valence-electron chi connectivity index (χ4n) is 2.61. The molecule has 0 radical (unpaired) electrons. The van der Waals surface area contributed by atoms with E-state index in [-0.39, 0.29) is 5.91 Å². The zero-order valence-corrected chi connectivity index (χ0v) is 15.8. The van der Waals surface area contributed by atoms with E-state index in [1.165, 1.54) is 11.1 Å². The molecule has 0 aromatic heterocycles. The van der Waals surface area contributed by atoms with Crippen LogP contribution < -0.4 is 20.1 Å². The van der Waals surface area contributed by atoms with Crippen molar-refractivity contribution in [3.8, 4) is 11.5 Å². The lowest BCUT2D eigenvalue weighted by molar-refractivity contribution is -0.120. The van der Waals surface area contributed by atoms with Crippen molar-refractivity contribution in [2.75, 3.05) is 27.3 Å². The Morgan fingerprint density at radius 2 is 1.62 bits per heavy atom. The maximum atomic E-state index is 11.9. The third kappa shape index (κ3) is 6.41. The summed E-state index contributed by atoms with van der Waals surface area (Å²) in [4.78, 5) is 11.9. The van der Waals surface area contributed by atoms with Crippen LogP contribution in [0.2, 0.25) is 0 Å². The number of hydrogen-bond donors (Lipinski definition) is 2. The van der Waals surface area contributed by atoms with Gasteiger partial charge in [0.2, 0.25) is 5.91 Å². The summed E-state index contributed by atoms with van der Waals surface area (Å²) >= 11 is 0. The first-order valence-electron chi connectivity index (χ1n) is 8.86. The molecular weight excluding hydrogens is 328 g/mol. The number of amides is 1. The normalized spacial score (nSPS) is 10.4. The van der Waals surface area contributed by atoms with E-state index in [1.807, 2.05) is 18.2 Å². The van der Waals surface area contributed by atoms with Crippen molar-refractivity contribution in [1.29, 1.82) is 0 Å². The minimum absolute atomic E-state index is 0.0573. The highest BCUT2D eigenvalue weighted by molar-refractivity contribution is 5.76. The number of nitrogens with one attached hydrogen (secondary N) is 2. The van der Waals surface area contributed by atoms with E-state index in [0.717, 1.165) is 18.5 Å². The third-order valence-corrected chi connectivity index (χ3v) is 4.16. The number of ether oxygens (including phenoxy) is 2. The highest BCUT2D eigenvalue weighted by Gasteiger charge is 2.05. The van der Waals surface area contributed by atoms with Gasteiger partial charge in [0.25, 0.3) is 0 Å². The highest BCUT2D eigenvalue weighted by atomic mass is 16.5. The van der Waals surface area contributed by atoms with Gasteiger partial charge in [0.1, 0.15) is 0 Å². The molecule has 26 heavy (non-hydrogen) atoms. The van der Waals surface area contributed by atoms with Crippen LogP contribution in [0.15, 0.2) is 42.5 Å². The van der Waals surface area contributed by atoms with Crippen LogP contribution in [0.3, 0.4) is 0 Å². The summed E-state index contributed by atoms with van der Waals surface area (Å²) in [5.74, 6) is 1.47. The molecule has 5 nitrogen and oxygen atoms in total. The van der Waals surface area contributed by atoms with Gasteiger partial charge in [-0.1, -0.05) is 35.9 Å². The van der Waals surface area contributed by atoms with Crippen LogP contribution in [0.25, 0.3) is 0 Å². The molecule has 2 rings (SSSR count). The van der Waals surface area contributed by atoms with Crippen molar-refractivity contribution in [1.82, 2.24) is 10.6 Å². The topological polar surface area (TPSA) is 59.6 Å². The van der Waals surface area contributed by atoms with Crippen LogP contribution in [-0.4, -0.2) is 33.2 Å². The number of carbonyl (C=O) groups is 1. The van der Waals surface area contributed by atoms with Crippen molar-refractivity contribution in [2.45, 2.75) is 26.3 Å². The summed E-state index contributed by atoms with van der Waals surface area (Å²) in [6.45, 7) is 4.12. The average Bonchev–Trinajstić information content (AvgIpc) is 2.66. The van der Waals surface area contributed by atoms with Gasteiger partial charge in [0.15, 0.2) is 11.5 Å². The Morgan fingerprint density at radius 3 is 2.31 bits per heavy atom. The zero-order chi connectivity index (χ0) is 18.8. The maximum Gasteiger partial charge on any atom is 0.221 e. The molecule has 140 valence electrons. The smallest absolute Gasteiger partial charge is 0.221 e. The SMILES string of the molecule is COc1ccc(CCNC(=O)CCNCc2ccc(C)cc2)cc1OC. The fraction of sp³-hybridized carbons (Fsp3) is 0.381. The zero-order valence-electron chi connectivity index (χ0n) is 15.8. The van der Waals surface area contributed by atoms with Gasteiger partial charge in [-0.05, 0) is 36.6 Å². The summed E-state index contributed by atoms with van der Waals surface area (Å²) in [5, 5.41) is 6.25. The minimum Gasteiger partial charge on any atom is -0.493 e. The van der Waals surface area contributed by atoms with Crippen molar-refractivity contribution < 1.29 is 14.3 Å². The summed E-state index contributed by atoms with van der Waals surface area (Å²) in [5.41, 5.74) is 3.58. The number of carbonyl (C=O) groups excluding carboxylic acids is 1. The van der Waals surface area contributed by atoms with Crippen LogP contribution in [-0.2, 0) is 17.8 Å². The van der Waals surface area contributed by atoms with Crippen LogP contribution >= 0.6 is 0 Å². The van der Waals surface area contributed by atoms with Crippen LogP contribution in [0.1, 0.15) is 23.1 Å². The number of aryl methyl sites for hydroxylation is 1. The Morgan fingerprint density at radius 1 is 0.923 bits per heavy atom. The van der Waals surface area contributed by atoms with Gasteiger partial charge in [-0.25, -0.2) is 0 Å². The van der Waals surface area contributed by atoms with Gasteiger partial charge in [-0.15, -0.1) is 0 Å². The van der Waals surface area contributed by atoms with E-state index in [9.17, 15) is 4.79 Å². The third-order valence-electron chi connectivity index (χ3n) is 4.16. The molecule has 2 aromatic rings. The minimum atomic E-state index is 0.0573. The van der Waals surface area contributed by atoms with Gasteiger partial charge in [-0.2, -0.15) is 0 Å². The Balaban J connectivity index is 1.63. The molecule has 5 heteroatoms. The Kier molecular flexibility index (Phi) is 7.96. The largest absolute Gasteiger partial charge is 0.493 e. The second-order valence-corrected chi connectivity index (χ2v) is 6.20. The molecule has 0 aliphatic rings. The van der Waals surface area contributed by atoms with Gasteiger partial charge in [-0.3, -0.25) is 4.79 Å². The van der Waals surface area contributed by atoms with Crippen molar-refractivity contribution >= 4 is 5.91 Å². The molecular formula is C21H28N2O3. The quantitative estimate of drug-likeness (QED) is 0.643. The van der Waals surface area contributed by atoms with E-state index in [0.29, 0.717) is 31.0 Å². The highest BCUT2D eigenvalue weighted by Crippen LogP contribution is 2.27. The molecule has 0 aliphatic carbocycles. The first kappa shape index (κ1) is 19.8. The predicted octanol–water partition coefficient (Wildman–Crippen LogP) is 2.85. The van der Waals surface area contributed by atoms with E-state index in [4.69, 9.17) is 9.47 Å². The first-order valence-corrected chi connectivity index (χ1v) is 8.86. The van der Waals surface area contributed by atoms with Crippen LogP contribution in [0.5, 0.6) is 11.5 Å². The molecule has 0 heterocycles. The second kappa shape index (κ2) is 10.5. The monoisotopic (exact) mass is 356 g/mol. The fourth-order valence-corrected chi connectivity index (χ4v) is 2.61. The van der Waals surface area contributed by atoms with Crippen molar-refractivity contribution in [3.63, 3.8) is 0 Å².